The van der Waals surface area contributed by atoms with Gasteiger partial charge in [-0.1, -0.05) is 112 Å². The summed E-state index contributed by atoms with van der Waals surface area (Å²) in [4.78, 5) is 12.6. The topological polar surface area (TPSA) is 40.1 Å². The first-order valence-corrected chi connectivity index (χ1v) is 10.8. The van der Waals surface area contributed by atoms with Gasteiger partial charge in [0.1, 0.15) is 0 Å². The van der Waals surface area contributed by atoms with Crippen molar-refractivity contribution in [2.45, 2.75) is 20.8 Å². The predicted molar refractivity (Wildman–Crippen MR) is 115 cm³/mol. The second-order valence-corrected chi connectivity index (χ2v) is 10.9. The van der Waals surface area contributed by atoms with Crippen molar-refractivity contribution in [3.8, 4) is 0 Å². The van der Waals surface area contributed by atoms with Crippen LogP contribution in [0.25, 0.3) is 0 Å². The number of aliphatic carboxylic acids is 1. The normalized spacial score (nSPS) is 11.8. The van der Waals surface area contributed by atoms with E-state index in [1.807, 2.05) is 112 Å². The van der Waals surface area contributed by atoms with Crippen molar-refractivity contribution >= 4 is 34.1 Å². The molecule has 2 nitrogen and oxygen atoms in total. The molecule has 0 N–H and O–H groups in total. The lowest BCUT2D eigenvalue weighted by molar-refractivity contribution is -0.294. The molecule has 27 heavy (non-hydrogen) atoms. The van der Waals surface area contributed by atoms with Crippen molar-refractivity contribution in [2.24, 2.45) is 5.41 Å². The minimum absolute atomic E-state index is 0.457. The summed E-state index contributed by atoms with van der Waals surface area (Å²) in [6.45, 7) is 3.29. The monoisotopic (exact) mass is 375 g/mol. The van der Waals surface area contributed by atoms with Gasteiger partial charge in [-0.15, -0.1) is 0 Å². The second-order valence-electron chi connectivity index (χ2n) is 7.56. The van der Waals surface area contributed by atoms with Gasteiger partial charge in [0.05, 0.1) is 5.97 Å². The number of carboxylic acids is 1. The molecule has 0 saturated heterocycles. The van der Waals surface area contributed by atoms with Crippen LogP contribution >= 0.6 is 6.89 Å². The molecule has 0 aliphatic carbocycles. The van der Waals surface area contributed by atoms with E-state index < -0.39 is 18.3 Å². The highest BCUT2D eigenvalue weighted by Crippen LogP contribution is 2.49. The molecule has 3 rings (SSSR count). The molecule has 0 amide bonds. The van der Waals surface area contributed by atoms with Crippen molar-refractivity contribution in [1.29, 1.82) is 0 Å². The number of benzene rings is 3. The second kappa shape index (κ2) is 7.58. The maximum absolute atomic E-state index is 12.6. The maximum Gasteiger partial charge on any atom is 0.0690 e. The summed E-state index contributed by atoms with van der Waals surface area (Å²) in [7, 11) is 0. The molecule has 0 heterocycles. The Morgan fingerprint density at radius 2 is 0.963 bits per heavy atom. The van der Waals surface area contributed by atoms with Gasteiger partial charge in [0.2, 0.25) is 0 Å². The lowest BCUT2D eigenvalue weighted by Gasteiger charge is -2.38. The van der Waals surface area contributed by atoms with Gasteiger partial charge in [-0.25, -0.2) is 0 Å². The Kier molecular flexibility index (Phi) is 5.39. The molecule has 0 aromatic heterocycles. The smallest absolute Gasteiger partial charge is 0.0690 e. The van der Waals surface area contributed by atoms with Crippen LogP contribution in [0.2, 0.25) is 0 Å². The van der Waals surface area contributed by atoms with E-state index in [0.717, 1.165) is 15.9 Å². The third-order valence-electron chi connectivity index (χ3n) is 4.67. The SMILES string of the molecule is CC(C)(C)C(C(=O)[O-])=P(c1ccccc1)(c1ccccc1)c1ccccc1. The summed E-state index contributed by atoms with van der Waals surface area (Å²) in [6.07, 6.45) is 0. The van der Waals surface area contributed by atoms with Gasteiger partial charge in [0.15, 0.2) is 0 Å². The van der Waals surface area contributed by atoms with Gasteiger partial charge in [0.25, 0.3) is 0 Å². The maximum atomic E-state index is 12.6. The zero-order chi connectivity index (χ0) is 19.5. The first-order chi connectivity index (χ1) is 12.9. The van der Waals surface area contributed by atoms with E-state index in [-0.39, 0.29) is 0 Å². The average Bonchev–Trinajstić information content (AvgIpc) is 2.66. The van der Waals surface area contributed by atoms with Crippen molar-refractivity contribution < 1.29 is 9.90 Å². The minimum Gasteiger partial charge on any atom is -0.545 e. The van der Waals surface area contributed by atoms with Gasteiger partial charge in [0, 0.05) is 0 Å². The summed E-state index contributed by atoms with van der Waals surface area (Å²) >= 11 is 0. The first-order valence-electron chi connectivity index (χ1n) is 9.03. The van der Waals surface area contributed by atoms with E-state index in [9.17, 15) is 9.90 Å². The Morgan fingerprint density at radius 1 is 0.667 bits per heavy atom. The zero-order valence-electron chi connectivity index (χ0n) is 15.9. The van der Waals surface area contributed by atoms with Crippen LogP contribution in [0, 0.1) is 5.41 Å². The van der Waals surface area contributed by atoms with E-state index in [1.54, 1.807) is 0 Å². The van der Waals surface area contributed by atoms with Crippen LogP contribution < -0.4 is 21.0 Å². The minimum atomic E-state index is -2.59. The van der Waals surface area contributed by atoms with Crippen molar-refractivity contribution in [2.75, 3.05) is 0 Å². The summed E-state index contributed by atoms with van der Waals surface area (Å²) in [6, 6.07) is 30.0. The molecule has 0 unspecified atom stereocenters. The highest BCUT2D eigenvalue weighted by atomic mass is 31.2. The summed E-state index contributed by atoms with van der Waals surface area (Å²) < 4.78 is 0. The molecule has 0 bridgehead atoms. The fourth-order valence-corrected chi connectivity index (χ4v) is 8.54. The van der Waals surface area contributed by atoms with E-state index in [2.05, 4.69) is 0 Å². The molecule has 3 aromatic carbocycles. The number of carboxylic acid groups (broad SMARTS) is 1. The first kappa shape index (κ1) is 19.2. The molecule has 0 radical (unpaired) electrons. The molecule has 0 aliphatic heterocycles. The van der Waals surface area contributed by atoms with E-state index in [4.69, 9.17) is 0 Å². The molecule has 0 saturated carbocycles. The van der Waals surface area contributed by atoms with Crippen LogP contribution in [0.1, 0.15) is 20.8 Å². The Morgan fingerprint density at radius 3 is 1.19 bits per heavy atom. The van der Waals surface area contributed by atoms with Crippen LogP contribution in [-0.4, -0.2) is 11.3 Å². The van der Waals surface area contributed by atoms with Gasteiger partial charge < -0.3 is 9.90 Å². The number of carbonyl (C=O) groups excluding carboxylic acids is 1. The fraction of sp³-hybridized carbons (Fsp3) is 0.167. The number of rotatable bonds is 4. The van der Waals surface area contributed by atoms with Crippen LogP contribution in [0.4, 0.5) is 0 Å². The number of hydrogen-bond acceptors (Lipinski definition) is 2. The van der Waals surface area contributed by atoms with E-state index in [1.165, 1.54) is 0 Å². The molecule has 138 valence electrons. The van der Waals surface area contributed by atoms with Crippen LogP contribution in [0.5, 0.6) is 0 Å². The van der Waals surface area contributed by atoms with Crippen LogP contribution in [-0.2, 0) is 4.79 Å². The molecule has 0 spiro atoms. The van der Waals surface area contributed by atoms with E-state index >= 15 is 0 Å². The molecule has 3 heteroatoms. The van der Waals surface area contributed by atoms with Crippen molar-refractivity contribution in [1.82, 2.24) is 0 Å². The standard InChI is InChI=1S/C24H25O2P/c1-24(2,3)22(23(25)26)27(19-13-7-4-8-14-19,20-15-9-5-10-16-20)21-17-11-6-12-18-21/h4-18H,1-3H3,(H,25,26)/p-1. The Balaban J connectivity index is 2.66. The van der Waals surface area contributed by atoms with Gasteiger partial charge in [-0.2, -0.15) is 0 Å². The van der Waals surface area contributed by atoms with E-state index in [0.29, 0.717) is 5.29 Å². The van der Waals surface area contributed by atoms with Crippen LogP contribution in [0.15, 0.2) is 91.0 Å². The third-order valence-corrected chi connectivity index (χ3v) is 9.41. The largest absolute Gasteiger partial charge is 0.545 e. The molecular formula is C24H24O2P-. The van der Waals surface area contributed by atoms with Gasteiger partial charge in [-0.05, 0) is 33.5 Å². The molecule has 0 fully saturated rings. The highest BCUT2D eigenvalue weighted by Gasteiger charge is 2.35. The fourth-order valence-electron chi connectivity index (χ4n) is 3.74. The summed E-state index contributed by atoms with van der Waals surface area (Å²) in [5.74, 6) is -1.08. The van der Waals surface area contributed by atoms with Gasteiger partial charge in [-0.3, -0.25) is 0 Å². The quantitative estimate of drug-likeness (QED) is 0.658. The zero-order valence-corrected chi connectivity index (χ0v) is 16.8. The Hall–Kier alpha value is -2.57. The number of carbonyl (C=O) groups is 1. The lowest BCUT2D eigenvalue weighted by atomic mass is 9.92. The number of hydrogen-bond donors (Lipinski definition) is 0. The molecule has 0 atom stereocenters. The highest BCUT2D eigenvalue weighted by molar-refractivity contribution is 7.96. The Bertz CT molecular complexity index is 866. The summed E-state index contributed by atoms with van der Waals surface area (Å²) in [5.41, 5.74) is -0.561. The van der Waals surface area contributed by atoms with Crippen molar-refractivity contribution in [3.63, 3.8) is 0 Å². The molecule has 0 aliphatic rings. The lowest BCUT2D eigenvalue weighted by Crippen LogP contribution is -2.45. The van der Waals surface area contributed by atoms with Gasteiger partial charge >= 0.3 is 0 Å². The molecular weight excluding hydrogens is 351 g/mol. The summed E-state index contributed by atoms with van der Waals surface area (Å²) in [5, 5.41) is 16.1. The van der Waals surface area contributed by atoms with Crippen LogP contribution in [0.3, 0.4) is 0 Å². The predicted octanol–water partition coefficient (Wildman–Crippen LogP) is 2.95. The third kappa shape index (κ3) is 3.50. The average molecular weight is 375 g/mol. The molecule has 3 aromatic rings. The Labute approximate surface area is 161 Å². The van der Waals surface area contributed by atoms with Crippen molar-refractivity contribution in [3.05, 3.63) is 91.0 Å².